The van der Waals surface area contributed by atoms with Gasteiger partial charge in [-0.15, -0.1) is 0 Å². The zero-order valence-electron chi connectivity index (χ0n) is 48.4. The zero-order chi connectivity index (χ0) is 58.7. The highest BCUT2D eigenvalue weighted by Gasteiger charge is 2.58. The number of carbonyl (C=O) groups is 3. The molecule has 0 spiro atoms. The predicted molar refractivity (Wildman–Crippen MR) is 278 cm³/mol. The van der Waals surface area contributed by atoms with Gasteiger partial charge in [0.2, 0.25) is 0 Å². The van der Waals surface area contributed by atoms with E-state index in [1.165, 1.54) is 27.7 Å². The summed E-state index contributed by atoms with van der Waals surface area (Å²) < 4.78 is 81.6. The van der Waals surface area contributed by atoms with Crippen LogP contribution in [0.1, 0.15) is 166 Å². The van der Waals surface area contributed by atoms with Crippen molar-refractivity contribution in [2.45, 2.75) is 325 Å². The average molecular weight is 1150 g/mol. The van der Waals surface area contributed by atoms with Crippen molar-refractivity contribution in [1.29, 1.82) is 0 Å². The number of hydrogen-bond acceptors (Lipinski definition) is 24. The number of fused-ring (bicyclic) bond motifs is 2. The van der Waals surface area contributed by atoms with E-state index in [4.69, 9.17) is 61.6 Å². The molecule has 6 aliphatic rings. The maximum absolute atomic E-state index is 14.0. The number of rotatable bonds is 16. The second kappa shape index (κ2) is 31.2. The number of esters is 3. The number of aliphatic hydroxyl groups excluding tert-OH is 8. The summed E-state index contributed by atoms with van der Waals surface area (Å²) in [4.78, 5) is 40.7. The monoisotopic (exact) mass is 1150 g/mol. The Balaban J connectivity index is 1.35. The van der Waals surface area contributed by atoms with Crippen LogP contribution in [-0.2, 0) is 76.0 Å². The highest BCUT2D eigenvalue weighted by Crippen LogP contribution is 2.39. The lowest BCUT2D eigenvalue weighted by molar-refractivity contribution is -0.399. The maximum atomic E-state index is 14.0. The minimum Gasteiger partial charge on any atom is -0.457 e. The molecule has 464 valence electrons. The van der Waals surface area contributed by atoms with Crippen LogP contribution in [0.15, 0.2) is 0 Å². The molecule has 8 N–H and O–H groups in total. The summed E-state index contributed by atoms with van der Waals surface area (Å²) in [6.07, 6.45) is -27.3. The molecular formula is C56H96O24. The van der Waals surface area contributed by atoms with E-state index in [1.54, 1.807) is 34.6 Å². The molecule has 0 amide bonds. The lowest BCUT2D eigenvalue weighted by Gasteiger charge is -2.51. The fourth-order valence-corrected chi connectivity index (χ4v) is 10.9. The molecule has 6 rings (SSSR count). The van der Waals surface area contributed by atoms with Crippen LogP contribution in [-0.4, -0.2) is 218 Å². The van der Waals surface area contributed by atoms with E-state index < -0.39 is 183 Å². The molecule has 0 aliphatic carbocycles. The largest absolute Gasteiger partial charge is 0.457 e. The standard InChI is InChI=1S/C56H96O24/c1-11-14-20-23-33-24-21-18-16-15-17-19-22-25-34(57)74-47-42(65)44(31(9)71-55(47)79-46-38(61)36(59)29(7)69-54(46)73-33)77-56-49(76-51(67)27(5)13-3)48(80-52-40(63)37(60)35(58)28(6)68-52)45(32(10)72-56)78-53-41(64)39(62)43(30(8)70-53)75-50(66)26(4)12-2/h26-33,35-49,52-56,58-65H,11-25H2,1-10H3/t26-,27-,28-,29+,30-,31-,32-,33?,35-,36-,37+,38-,39-,40+,41+,42+,43-,44-,45-,46+,47+,48+,49+,52-,53-,54+,55-,56-/m0/s1. The van der Waals surface area contributed by atoms with Gasteiger partial charge in [0.05, 0.1) is 48.5 Å². The van der Waals surface area contributed by atoms with Gasteiger partial charge in [0, 0.05) is 6.42 Å². The van der Waals surface area contributed by atoms with Gasteiger partial charge in [-0.05, 0) is 66.7 Å². The zero-order valence-corrected chi connectivity index (χ0v) is 48.4. The SMILES string of the molecule is CCCCCC1CCCCCCCCCC(=O)O[C@H]2[C@H](O[C@H]3[C@@H](O1)O[C@H](C)[C@H](O)[C@@H]3O)O[C@@H](C)[C@H](O[C@@H]1O[C@@H](C)[C@H](O[C@@H]3O[C@@H](C)[C@H](OC(=O)[C@@H](C)CC)[C@@H](O)[C@H]3O)[C@@H](O[C@@H]3O[C@@H](C)[C@H](O)[C@@H](O)[C@H]3O)[C@H]1OC(=O)[C@@H](C)CC)[C@H]2O. The topological polar surface area (TPSA) is 333 Å². The highest BCUT2D eigenvalue weighted by molar-refractivity contribution is 5.72. The summed E-state index contributed by atoms with van der Waals surface area (Å²) in [6.45, 7) is 16.5. The summed E-state index contributed by atoms with van der Waals surface area (Å²) in [7, 11) is 0. The number of ether oxygens (including phenoxy) is 13. The molecule has 6 heterocycles. The van der Waals surface area contributed by atoms with Gasteiger partial charge >= 0.3 is 17.9 Å². The lowest BCUT2D eigenvalue weighted by Crippen LogP contribution is -2.68. The predicted octanol–water partition coefficient (Wildman–Crippen LogP) is 2.46. The third kappa shape index (κ3) is 16.8. The number of hydrogen-bond donors (Lipinski definition) is 8. The normalized spacial score (nSPS) is 44.6. The smallest absolute Gasteiger partial charge is 0.309 e. The molecule has 24 heteroatoms. The van der Waals surface area contributed by atoms with Crippen LogP contribution in [0, 0.1) is 11.8 Å². The Hall–Kier alpha value is -2.31. The van der Waals surface area contributed by atoms with Crippen molar-refractivity contribution in [1.82, 2.24) is 0 Å². The molecule has 0 aromatic rings. The van der Waals surface area contributed by atoms with E-state index in [1.807, 2.05) is 0 Å². The van der Waals surface area contributed by atoms with Gasteiger partial charge < -0.3 is 102 Å². The van der Waals surface area contributed by atoms with Crippen LogP contribution in [0.25, 0.3) is 0 Å². The molecule has 0 saturated carbocycles. The van der Waals surface area contributed by atoms with Gasteiger partial charge in [-0.2, -0.15) is 0 Å². The maximum Gasteiger partial charge on any atom is 0.309 e. The molecular weight excluding hydrogens is 1060 g/mol. The molecule has 0 aromatic heterocycles. The van der Waals surface area contributed by atoms with Gasteiger partial charge in [-0.1, -0.05) is 92.4 Å². The molecule has 0 bridgehead atoms. The van der Waals surface area contributed by atoms with Crippen molar-refractivity contribution in [3.8, 4) is 0 Å². The second-order valence-electron chi connectivity index (χ2n) is 23.0. The van der Waals surface area contributed by atoms with E-state index in [9.17, 15) is 55.2 Å². The Labute approximate surface area is 470 Å². The minimum atomic E-state index is -1.91. The molecule has 24 nitrogen and oxygen atoms in total. The van der Waals surface area contributed by atoms with E-state index >= 15 is 0 Å². The number of unbranched alkanes of at least 4 members (excludes halogenated alkanes) is 2. The van der Waals surface area contributed by atoms with Crippen LogP contribution in [0.4, 0.5) is 0 Å². The van der Waals surface area contributed by atoms with E-state index in [0.29, 0.717) is 25.7 Å². The van der Waals surface area contributed by atoms with Gasteiger partial charge in [-0.25, -0.2) is 0 Å². The van der Waals surface area contributed by atoms with Crippen LogP contribution in [0.5, 0.6) is 0 Å². The summed E-state index contributed by atoms with van der Waals surface area (Å²) >= 11 is 0. The molecule has 0 aromatic carbocycles. The molecule has 80 heavy (non-hydrogen) atoms. The first-order valence-corrected chi connectivity index (χ1v) is 29.6. The summed E-state index contributed by atoms with van der Waals surface area (Å²) in [6, 6.07) is 0. The van der Waals surface area contributed by atoms with Crippen LogP contribution in [0.3, 0.4) is 0 Å². The number of aliphatic hydroxyl groups is 8. The molecule has 1 unspecified atom stereocenters. The molecule has 0 radical (unpaired) electrons. The van der Waals surface area contributed by atoms with Crippen molar-refractivity contribution < 1.29 is 117 Å². The Morgan fingerprint density at radius 3 is 1.60 bits per heavy atom. The summed E-state index contributed by atoms with van der Waals surface area (Å²) in [5.41, 5.74) is 0. The summed E-state index contributed by atoms with van der Waals surface area (Å²) in [5.74, 6) is -3.38. The van der Waals surface area contributed by atoms with Gasteiger partial charge in [0.25, 0.3) is 0 Å². The Morgan fingerprint density at radius 1 is 0.475 bits per heavy atom. The first-order valence-electron chi connectivity index (χ1n) is 29.6. The molecule has 6 saturated heterocycles. The van der Waals surface area contributed by atoms with Gasteiger partial charge in [0.1, 0.15) is 73.2 Å². The summed E-state index contributed by atoms with van der Waals surface area (Å²) in [5, 5.41) is 91.3. The van der Waals surface area contributed by atoms with Gasteiger partial charge in [0.15, 0.2) is 49.8 Å². The third-order valence-corrected chi connectivity index (χ3v) is 16.7. The first kappa shape index (κ1) is 66.8. The highest BCUT2D eigenvalue weighted by atomic mass is 16.8. The van der Waals surface area contributed by atoms with Crippen molar-refractivity contribution in [2.24, 2.45) is 11.8 Å². The third-order valence-electron chi connectivity index (χ3n) is 16.7. The Bertz CT molecular complexity index is 1880. The van der Waals surface area contributed by atoms with Crippen molar-refractivity contribution in [3.05, 3.63) is 0 Å². The fourth-order valence-electron chi connectivity index (χ4n) is 10.9. The Kier molecular flexibility index (Phi) is 26.1. The fraction of sp³-hybridized carbons (Fsp3) is 0.946. The van der Waals surface area contributed by atoms with Crippen molar-refractivity contribution >= 4 is 17.9 Å². The average Bonchev–Trinajstić information content (AvgIpc) is 3.42. The molecule has 6 fully saturated rings. The molecule has 6 aliphatic heterocycles. The van der Waals surface area contributed by atoms with Crippen molar-refractivity contribution in [2.75, 3.05) is 0 Å². The minimum absolute atomic E-state index is 0.0244. The number of carbonyl (C=O) groups excluding carboxylic acids is 3. The van der Waals surface area contributed by atoms with E-state index in [0.717, 1.165) is 64.2 Å². The van der Waals surface area contributed by atoms with Crippen LogP contribution < -0.4 is 0 Å². The van der Waals surface area contributed by atoms with E-state index in [-0.39, 0.29) is 12.5 Å². The van der Waals surface area contributed by atoms with Crippen LogP contribution >= 0.6 is 0 Å². The van der Waals surface area contributed by atoms with E-state index in [2.05, 4.69) is 6.92 Å². The van der Waals surface area contributed by atoms with Gasteiger partial charge in [-0.3, -0.25) is 14.4 Å². The Morgan fingerprint density at radius 2 is 0.963 bits per heavy atom. The quantitative estimate of drug-likeness (QED) is 0.0625. The van der Waals surface area contributed by atoms with Crippen LogP contribution in [0.2, 0.25) is 0 Å². The second-order valence-corrected chi connectivity index (χ2v) is 23.0. The first-order chi connectivity index (χ1) is 38.0. The molecule has 28 atom stereocenters. The lowest BCUT2D eigenvalue weighted by atomic mass is 9.95. The van der Waals surface area contributed by atoms with Crippen molar-refractivity contribution in [3.63, 3.8) is 0 Å².